The van der Waals surface area contributed by atoms with Crippen LogP contribution in [0.15, 0.2) is 53.3 Å². The van der Waals surface area contributed by atoms with E-state index in [0.29, 0.717) is 28.9 Å². The Morgan fingerprint density at radius 1 is 1.15 bits per heavy atom. The van der Waals surface area contributed by atoms with E-state index in [-0.39, 0.29) is 11.3 Å². The largest absolute Gasteiger partial charge is 0.506 e. The minimum atomic E-state index is -0.523. The molecule has 1 amide bonds. The maximum atomic E-state index is 13.1. The Bertz CT molecular complexity index is 1030. The molecular weight excluding hydrogens is 348 g/mol. The van der Waals surface area contributed by atoms with Crippen molar-refractivity contribution in [2.75, 3.05) is 11.4 Å². The Hall–Kier alpha value is -2.73. The number of carbonyl (C=O) groups is 1. The molecule has 6 heteroatoms. The summed E-state index contributed by atoms with van der Waals surface area (Å²) in [6.07, 6.45) is 0. The first kappa shape index (κ1) is 18.1. The van der Waals surface area contributed by atoms with Crippen LogP contribution in [-0.2, 0) is 12.8 Å². The van der Waals surface area contributed by atoms with Gasteiger partial charge >= 0.3 is 0 Å². The highest BCUT2D eigenvalue weighted by Gasteiger charge is 2.26. The van der Waals surface area contributed by atoms with E-state index in [1.165, 1.54) is 9.47 Å². The van der Waals surface area contributed by atoms with Crippen LogP contribution in [0.5, 0.6) is 5.75 Å². The quantitative estimate of drug-likeness (QED) is 0.695. The van der Waals surface area contributed by atoms with E-state index in [1.54, 1.807) is 31.3 Å². The van der Waals surface area contributed by atoms with Crippen LogP contribution in [0.25, 0.3) is 10.9 Å². The number of rotatable bonds is 4. The van der Waals surface area contributed by atoms with E-state index < -0.39 is 11.5 Å². The summed E-state index contributed by atoms with van der Waals surface area (Å²) in [7, 11) is 1.60. The molecule has 0 saturated carbocycles. The van der Waals surface area contributed by atoms with Gasteiger partial charge in [-0.3, -0.25) is 9.59 Å². The molecule has 5 nitrogen and oxygen atoms in total. The number of aromatic nitrogens is 1. The zero-order valence-corrected chi connectivity index (χ0v) is 15.5. The summed E-state index contributed by atoms with van der Waals surface area (Å²) < 4.78 is 1.40. The van der Waals surface area contributed by atoms with Gasteiger partial charge in [0.05, 0.1) is 5.52 Å². The number of para-hydroxylation sites is 1. The molecular formula is C20H20N2O3S. The van der Waals surface area contributed by atoms with Crippen LogP contribution in [0.2, 0.25) is 0 Å². The van der Waals surface area contributed by atoms with Gasteiger partial charge in [-0.05, 0) is 30.7 Å². The lowest BCUT2D eigenvalue weighted by Gasteiger charge is -2.22. The van der Waals surface area contributed by atoms with Gasteiger partial charge in [-0.15, -0.1) is 0 Å². The highest BCUT2D eigenvalue weighted by Crippen LogP contribution is 2.31. The van der Waals surface area contributed by atoms with E-state index in [1.807, 2.05) is 31.2 Å². The number of pyridine rings is 1. The number of benzene rings is 2. The monoisotopic (exact) mass is 368 g/mol. The smallest absolute Gasteiger partial charge is 0.267 e. The van der Waals surface area contributed by atoms with Gasteiger partial charge < -0.3 is 14.6 Å². The van der Waals surface area contributed by atoms with Gasteiger partial charge in [0, 0.05) is 30.4 Å². The van der Waals surface area contributed by atoms with Crippen molar-refractivity contribution < 1.29 is 9.90 Å². The van der Waals surface area contributed by atoms with E-state index in [0.717, 1.165) is 5.56 Å². The summed E-state index contributed by atoms with van der Waals surface area (Å²) in [6.45, 7) is 2.20. The third-order valence-corrected chi connectivity index (χ3v) is 4.84. The Kier molecular flexibility index (Phi) is 5.04. The first-order valence-corrected chi connectivity index (χ1v) is 8.95. The molecule has 2 aromatic carbocycles. The van der Waals surface area contributed by atoms with Crippen LogP contribution >= 0.6 is 12.6 Å². The van der Waals surface area contributed by atoms with E-state index in [9.17, 15) is 14.7 Å². The van der Waals surface area contributed by atoms with Crippen LogP contribution in [-0.4, -0.2) is 22.1 Å². The van der Waals surface area contributed by atoms with Crippen molar-refractivity contribution in [3.63, 3.8) is 0 Å². The molecule has 134 valence electrons. The predicted octanol–water partition coefficient (Wildman–Crippen LogP) is 3.34. The molecule has 1 N–H and O–H groups in total. The summed E-state index contributed by atoms with van der Waals surface area (Å²) in [5.41, 5.74) is 1.25. The lowest BCUT2D eigenvalue weighted by atomic mass is 10.0. The van der Waals surface area contributed by atoms with Crippen molar-refractivity contribution in [2.24, 2.45) is 7.05 Å². The van der Waals surface area contributed by atoms with E-state index in [2.05, 4.69) is 12.6 Å². The fourth-order valence-corrected chi connectivity index (χ4v) is 3.42. The molecule has 1 aromatic heterocycles. The van der Waals surface area contributed by atoms with Crippen molar-refractivity contribution in [1.82, 2.24) is 4.57 Å². The van der Waals surface area contributed by atoms with Gasteiger partial charge in [0.25, 0.3) is 11.5 Å². The maximum Gasteiger partial charge on any atom is 0.267 e. The van der Waals surface area contributed by atoms with Crippen molar-refractivity contribution in [3.8, 4) is 5.75 Å². The number of thiol groups is 1. The second-order valence-electron chi connectivity index (χ2n) is 5.94. The van der Waals surface area contributed by atoms with Crippen molar-refractivity contribution in [3.05, 3.63) is 70.0 Å². The maximum absolute atomic E-state index is 13.1. The Balaban J connectivity index is 2.28. The highest BCUT2D eigenvalue weighted by atomic mass is 32.1. The van der Waals surface area contributed by atoms with Gasteiger partial charge in [-0.25, -0.2) is 0 Å². The fraction of sp³-hybridized carbons (Fsp3) is 0.200. The second-order valence-corrected chi connectivity index (χ2v) is 6.26. The topological polar surface area (TPSA) is 62.5 Å². The molecule has 0 spiro atoms. The molecule has 1 heterocycles. The molecule has 0 radical (unpaired) electrons. The fourth-order valence-electron chi connectivity index (χ4n) is 3.15. The number of fused-ring (bicyclic) bond motifs is 1. The standard InChI is InChI=1S/C20H20N2O3S/c1-3-22(14-9-5-4-6-10-14)20(25)17-18(23)16-13(12-26)8-7-11-15(16)21(2)19(17)24/h4-11,23,26H,3,12H2,1-2H3. The first-order chi connectivity index (χ1) is 12.5. The summed E-state index contributed by atoms with van der Waals surface area (Å²) in [5.74, 6) is -0.424. The van der Waals surface area contributed by atoms with Crippen LogP contribution in [0.1, 0.15) is 22.8 Å². The number of aryl methyl sites for hydroxylation is 1. The first-order valence-electron chi connectivity index (χ1n) is 8.32. The number of hydrogen-bond donors (Lipinski definition) is 2. The van der Waals surface area contributed by atoms with Gasteiger partial charge in [-0.2, -0.15) is 12.6 Å². The van der Waals surface area contributed by atoms with Crippen LogP contribution < -0.4 is 10.5 Å². The van der Waals surface area contributed by atoms with Crippen molar-refractivity contribution in [1.29, 1.82) is 0 Å². The zero-order chi connectivity index (χ0) is 18.8. The summed E-state index contributed by atoms with van der Waals surface area (Å²) in [6, 6.07) is 14.5. The van der Waals surface area contributed by atoms with Crippen LogP contribution in [0, 0.1) is 0 Å². The number of amides is 1. The minimum absolute atomic E-state index is 0.222. The molecule has 0 aliphatic heterocycles. The van der Waals surface area contributed by atoms with Crippen LogP contribution in [0.3, 0.4) is 0 Å². The third-order valence-electron chi connectivity index (χ3n) is 4.50. The van der Waals surface area contributed by atoms with E-state index >= 15 is 0 Å². The number of carbonyl (C=O) groups excluding carboxylic acids is 1. The van der Waals surface area contributed by atoms with Gasteiger partial charge in [0.15, 0.2) is 0 Å². The van der Waals surface area contributed by atoms with E-state index in [4.69, 9.17) is 0 Å². The summed E-state index contributed by atoms with van der Waals surface area (Å²) in [5, 5.41) is 11.3. The van der Waals surface area contributed by atoms with Gasteiger partial charge in [0.2, 0.25) is 0 Å². The number of aromatic hydroxyl groups is 1. The molecule has 26 heavy (non-hydrogen) atoms. The zero-order valence-electron chi connectivity index (χ0n) is 14.6. The molecule has 0 bridgehead atoms. The Morgan fingerprint density at radius 3 is 2.46 bits per heavy atom. The van der Waals surface area contributed by atoms with Gasteiger partial charge in [-0.1, -0.05) is 30.3 Å². The molecule has 0 fully saturated rings. The molecule has 3 rings (SSSR count). The third kappa shape index (κ3) is 2.86. The molecule has 0 aliphatic carbocycles. The molecule has 3 aromatic rings. The van der Waals surface area contributed by atoms with Crippen molar-refractivity contribution in [2.45, 2.75) is 12.7 Å². The number of anilines is 1. The Morgan fingerprint density at radius 2 is 1.85 bits per heavy atom. The summed E-state index contributed by atoms with van der Waals surface area (Å²) >= 11 is 4.30. The lowest BCUT2D eigenvalue weighted by Crippen LogP contribution is -2.36. The second kappa shape index (κ2) is 7.25. The molecule has 0 aliphatic rings. The van der Waals surface area contributed by atoms with Crippen LogP contribution in [0.4, 0.5) is 5.69 Å². The number of nitrogens with zero attached hydrogens (tertiary/aromatic N) is 2. The Labute approximate surface area is 156 Å². The molecule has 0 saturated heterocycles. The minimum Gasteiger partial charge on any atom is -0.506 e. The summed E-state index contributed by atoms with van der Waals surface area (Å²) in [4.78, 5) is 27.5. The predicted molar refractivity (Wildman–Crippen MR) is 107 cm³/mol. The highest BCUT2D eigenvalue weighted by molar-refractivity contribution is 7.79. The number of hydrogen-bond acceptors (Lipinski definition) is 4. The average Bonchev–Trinajstić information content (AvgIpc) is 2.67. The molecule has 0 atom stereocenters. The SMILES string of the molecule is CCN(C(=O)c1c(O)c2c(CS)cccc2n(C)c1=O)c1ccccc1. The molecule has 0 unspecified atom stereocenters. The lowest BCUT2D eigenvalue weighted by molar-refractivity contribution is 0.0984. The van der Waals surface area contributed by atoms with Gasteiger partial charge in [0.1, 0.15) is 11.3 Å². The van der Waals surface area contributed by atoms with Crippen molar-refractivity contribution >= 4 is 35.1 Å². The normalized spacial score (nSPS) is 10.9. The average molecular weight is 368 g/mol.